The van der Waals surface area contributed by atoms with Crippen molar-refractivity contribution in [2.45, 2.75) is 6.42 Å². The van der Waals surface area contributed by atoms with Crippen LogP contribution in [0.3, 0.4) is 0 Å². The predicted molar refractivity (Wildman–Crippen MR) is 73.8 cm³/mol. The quantitative estimate of drug-likeness (QED) is 0.756. The van der Waals surface area contributed by atoms with Crippen LogP contribution in [-0.2, 0) is 0 Å². The van der Waals surface area contributed by atoms with Gasteiger partial charge in [-0.15, -0.1) is 0 Å². The van der Waals surface area contributed by atoms with Crippen molar-refractivity contribution in [1.29, 1.82) is 0 Å². The molecule has 0 heterocycles. The number of ether oxygens (including phenoxy) is 2. The Morgan fingerprint density at radius 1 is 1.10 bits per heavy atom. The van der Waals surface area contributed by atoms with Gasteiger partial charge in [-0.2, -0.15) is 0 Å². The minimum absolute atomic E-state index is 0.0287. The number of benzene rings is 2. The molecule has 3 nitrogen and oxygen atoms in total. The first-order valence-electron chi connectivity index (χ1n) is 6.26. The highest BCUT2D eigenvalue weighted by Gasteiger charge is 2.15. The van der Waals surface area contributed by atoms with Crippen molar-refractivity contribution in [3.05, 3.63) is 59.9 Å². The lowest BCUT2D eigenvalue weighted by Crippen LogP contribution is -2.09. The summed E-state index contributed by atoms with van der Waals surface area (Å²) in [7, 11) is 1.37. The average Bonchev–Trinajstić information content (AvgIpc) is 2.48. The summed E-state index contributed by atoms with van der Waals surface area (Å²) in [6, 6.07) is 13.7. The molecule has 0 N–H and O–H groups in total. The third-order valence-electron chi connectivity index (χ3n) is 2.82. The summed E-state index contributed by atoms with van der Waals surface area (Å²) in [5.41, 5.74) is 0.0287. The zero-order valence-electron chi connectivity index (χ0n) is 11.1. The van der Waals surface area contributed by atoms with Crippen LogP contribution in [0, 0.1) is 5.82 Å². The first-order chi connectivity index (χ1) is 9.72. The Bertz CT molecular complexity index is 582. The number of carbonyl (C=O) groups excluding carboxylic acids is 1. The summed E-state index contributed by atoms with van der Waals surface area (Å²) in [6.45, 7) is 0.208. The zero-order chi connectivity index (χ0) is 14.4. The standard InChI is InChI=1S/C16H15FO3/c1-19-15-9-5-8-13(16(15)17)14(18)10-11-20-12-6-3-2-4-7-12/h2-9H,10-11H2,1H3. The molecule has 0 aliphatic heterocycles. The highest BCUT2D eigenvalue weighted by molar-refractivity contribution is 5.96. The number of Topliss-reactive ketones (excluding diaryl/α,β-unsaturated/α-hetero) is 1. The van der Waals surface area contributed by atoms with Gasteiger partial charge < -0.3 is 9.47 Å². The van der Waals surface area contributed by atoms with Crippen molar-refractivity contribution in [2.75, 3.05) is 13.7 Å². The van der Waals surface area contributed by atoms with Gasteiger partial charge in [0, 0.05) is 6.42 Å². The minimum atomic E-state index is -0.625. The normalized spacial score (nSPS) is 10.1. The molecular weight excluding hydrogens is 259 g/mol. The van der Waals surface area contributed by atoms with Crippen LogP contribution in [-0.4, -0.2) is 19.5 Å². The molecule has 0 unspecified atom stereocenters. The van der Waals surface area contributed by atoms with E-state index in [1.807, 2.05) is 18.2 Å². The maximum absolute atomic E-state index is 13.9. The molecule has 0 atom stereocenters. The SMILES string of the molecule is COc1cccc(C(=O)CCOc2ccccc2)c1F. The van der Waals surface area contributed by atoms with Gasteiger partial charge in [0.2, 0.25) is 0 Å². The smallest absolute Gasteiger partial charge is 0.175 e. The molecule has 0 saturated carbocycles. The predicted octanol–water partition coefficient (Wildman–Crippen LogP) is 3.49. The van der Waals surface area contributed by atoms with Crippen molar-refractivity contribution < 1.29 is 18.7 Å². The highest BCUT2D eigenvalue weighted by atomic mass is 19.1. The van der Waals surface area contributed by atoms with Gasteiger partial charge in [0.1, 0.15) is 5.75 Å². The molecule has 0 aliphatic rings. The van der Waals surface area contributed by atoms with E-state index in [0.29, 0.717) is 5.75 Å². The number of hydrogen-bond acceptors (Lipinski definition) is 3. The molecule has 0 saturated heterocycles. The zero-order valence-corrected chi connectivity index (χ0v) is 11.1. The van der Waals surface area contributed by atoms with Gasteiger partial charge in [0.25, 0.3) is 0 Å². The van der Waals surface area contributed by atoms with E-state index in [1.165, 1.54) is 19.2 Å². The van der Waals surface area contributed by atoms with E-state index in [9.17, 15) is 9.18 Å². The molecule has 0 spiro atoms. The van der Waals surface area contributed by atoms with Crippen LogP contribution in [0.5, 0.6) is 11.5 Å². The third-order valence-corrected chi connectivity index (χ3v) is 2.82. The molecule has 0 aliphatic carbocycles. The number of ketones is 1. The maximum atomic E-state index is 13.9. The largest absolute Gasteiger partial charge is 0.494 e. The molecule has 2 aromatic rings. The molecule has 0 amide bonds. The molecule has 4 heteroatoms. The minimum Gasteiger partial charge on any atom is -0.494 e. The molecule has 0 fully saturated rings. The fraction of sp³-hybridized carbons (Fsp3) is 0.188. The van der Waals surface area contributed by atoms with Crippen LogP contribution in [0.2, 0.25) is 0 Å². The first kappa shape index (κ1) is 14.1. The van der Waals surface area contributed by atoms with Gasteiger partial charge in [-0.1, -0.05) is 24.3 Å². The molecule has 2 aromatic carbocycles. The van der Waals surface area contributed by atoms with Crippen molar-refractivity contribution in [3.8, 4) is 11.5 Å². The Morgan fingerprint density at radius 2 is 1.85 bits per heavy atom. The van der Waals surface area contributed by atoms with Crippen molar-refractivity contribution >= 4 is 5.78 Å². The molecule has 0 radical (unpaired) electrons. The Labute approximate surface area is 117 Å². The van der Waals surface area contributed by atoms with Crippen LogP contribution in [0.25, 0.3) is 0 Å². The summed E-state index contributed by atoms with van der Waals surface area (Å²) < 4.78 is 24.2. The van der Waals surface area contributed by atoms with Crippen molar-refractivity contribution in [1.82, 2.24) is 0 Å². The summed E-state index contributed by atoms with van der Waals surface area (Å²) in [5.74, 6) is -0.178. The number of carbonyl (C=O) groups is 1. The fourth-order valence-electron chi connectivity index (χ4n) is 1.80. The van der Waals surface area contributed by atoms with Gasteiger partial charge in [-0.25, -0.2) is 4.39 Å². The van der Waals surface area contributed by atoms with E-state index in [1.54, 1.807) is 18.2 Å². The van der Waals surface area contributed by atoms with E-state index in [-0.39, 0.29) is 30.1 Å². The lowest BCUT2D eigenvalue weighted by Gasteiger charge is -2.08. The molecule has 2 rings (SSSR count). The van der Waals surface area contributed by atoms with E-state index in [2.05, 4.69) is 0 Å². The molecular formula is C16H15FO3. The number of hydrogen-bond donors (Lipinski definition) is 0. The number of para-hydroxylation sites is 1. The molecule has 104 valence electrons. The van der Waals surface area contributed by atoms with E-state index in [4.69, 9.17) is 9.47 Å². The highest BCUT2D eigenvalue weighted by Crippen LogP contribution is 2.21. The number of methoxy groups -OCH3 is 1. The summed E-state index contributed by atoms with van der Waals surface area (Å²) in [6.07, 6.45) is 0.110. The van der Waals surface area contributed by atoms with Crippen LogP contribution in [0.1, 0.15) is 16.8 Å². The van der Waals surface area contributed by atoms with Gasteiger partial charge in [-0.05, 0) is 24.3 Å². The van der Waals surface area contributed by atoms with Gasteiger partial charge in [-0.3, -0.25) is 4.79 Å². The van der Waals surface area contributed by atoms with Crippen LogP contribution in [0.15, 0.2) is 48.5 Å². The molecule has 0 bridgehead atoms. The Morgan fingerprint density at radius 3 is 2.55 bits per heavy atom. The Hall–Kier alpha value is -2.36. The lowest BCUT2D eigenvalue weighted by atomic mass is 10.1. The average molecular weight is 274 g/mol. The second-order valence-corrected chi connectivity index (χ2v) is 4.16. The number of rotatable bonds is 6. The summed E-state index contributed by atoms with van der Waals surface area (Å²) in [5, 5.41) is 0. The van der Waals surface area contributed by atoms with Gasteiger partial charge >= 0.3 is 0 Å². The van der Waals surface area contributed by atoms with Crippen LogP contribution in [0.4, 0.5) is 4.39 Å². The third kappa shape index (κ3) is 3.35. The monoisotopic (exact) mass is 274 g/mol. The van der Waals surface area contributed by atoms with Crippen LogP contribution < -0.4 is 9.47 Å². The van der Waals surface area contributed by atoms with Crippen molar-refractivity contribution in [2.24, 2.45) is 0 Å². The maximum Gasteiger partial charge on any atom is 0.175 e. The van der Waals surface area contributed by atoms with E-state index in [0.717, 1.165) is 0 Å². The Kier molecular flexibility index (Phi) is 4.71. The first-order valence-corrected chi connectivity index (χ1v) is 6.26. The second kappa shape index (κ2) is 6.70. The van der Waals surface area contributed by atoms with Crippen LogP contribution >= 0.6 is 0 Å². The lowest BCUT2D eigenvalue weighted by molar-refractivity contribution is 0.0957. The fourth-order valence-corrected chi connectivity index (χ4v) is 1.80. The second-order valence-electron chi connectivity index (χ2n) is 4.16. The van der Waals surface area contributed by atoms with Gasteiger partial charge in [0.05, 0.1) is 19.3 Å². The summed E-state index contributed by atoms with van der Waals surface area (Å²) in [4.78, 5) is 11.9. The molecule has 0 aromatic heterocycles. The Balaban J connectivity index is 1.95. The van der Waals surface area contributed by atoms with E-state index < -0.39 is 5.82 Å². The molecule has 20 heavy (non-hydrogen) atoms. The van der Waals surface area contributed by atoms with Gasteiger partial charge in [0.15, 0.2) is 17.3 Å². The topological polar surface area (TPSA) is 35.5 Å². The van der Waals surface area contributed by atoms with Crippen molar-refractivity contribution in [3.63, 3.8) is 0 Å². The number of halogens is 1. The summed E-state index contributed by atoms with van der Waals surface area (Å²) >= 11 is 0. The van der Waals surface area contributed by atoms with E-state index >= 15 is 0 Å².